The highest BCUT2D eigenvalue weighted by molar-refractivity contribution is 7.15. The van der Waals surface area contributed by atoms with Crippen LogP contribution in [0.3, 0.4) is 0 Å². The molecule has 0 saturated carbocycles. The molecule has 5 nitrogen and oxygen atoms in total. The van der Waals surface area contributed by atoms with Gasteiger partial charge >= 0.3 is 5.97 Å². The van der Waals surface area contributed by atoms with Crippen molar-refractivity contribution in [2.75, 3.05) is 18.5 Å². The monoisotopic (exact) mass is 423 g/mol. The summed E-state index contributed by atoms with van der Waals surface area (Å²) in [5.41, 5.74) is 3.55. The van der Waals surface area contributed by atoms with Crippen LogP contribution in [0.15, 0.2) is 53.9 Å². The maximum Gasteiger partial charge on any atom is 0.341 e. The summed E-state index contributed by atoms with van der Waals surface area (Å²) in [7, 11) is 0. The third-order valence-electron chi connectivity index (χ3n) is 4.45. The molecule has 1 amide bonds. The molecule has 0 bridgehead atoms. The van der Waals surface area contributed by atoms with Gasteiger partial charge in [-0.15, -0.1) is 11.3 Å². The fourth-order valence-corrected chi connectivity index (χ4v) is 3.85. The van der Waals surface area contributed by atoms with Crippen LogP contribution in [0.5, 0.6) is 5.75 Å². The standard InChI is InChI=1S/C24H25NO4S/c1-4-14-29-19-12-10-17(11-13-19)20-15-30-23(21(20)24(27)28-5-2)25-22(26)18-8-6-16(3)7-9-18/h6-13,15H,4-5,14H2,1-3H3,(H,25,26). The first-order valence-electron chi connectivity index (χ1n) is 9.93. The van der Waals surface area contributed by atoms with Gasteiger partial charge in [0, 0.05) is 16.5 Å². The predicted octanol–water partition coefficient (Wildman–Crippen LogP) is 5.94. The average molecular weight is 424 g/mol. The molecule has 0 fully saturated rings. The number of thiophene rings is 1. The second-order valence-corrected chi connectivity index (χ2v) is 7.65. The van der Waals surface area contributed by atoms with Gasteiger partial charge in [-0.2, -0.15) is 0 Å². The highest BCUT2D eigenvalue weighted by Gasteiger charge is 2.23. The number of rotatable bonds is 8. The van der Waals surface area contributed by atoms with Gasteiger partial charge in [0.05, 0.1) is 13.2 Å². The van der Waals surface area contributed by atoms with Crippen LogP contribution in [0.1, 0.15) is 46.5 Å². The second-order valence-electron chi connectivity index (χ2n) is 6.77. The van der Waals surface area contributed by atoms with Gasteiger partial charge in [-0.3, -0.25) is 4.79 Å². The molecule has 1 aromatic heterocycles. The van der Waals surface area contributed by atoms with E-state index in [-0.39, 0.29) is 12.5 Å². The molecular formula is C24H25NO4S. The maximum absolute atomic E-state index is 12.7. The van der Waals surface area contributed by atoms with Crippen LogP contribution in [-0.4, -0.2) is 25.1 Å². The lowest BCUT2D eigenvalue weighted by Gasteiger charge is -2.10. The number of hydrogen-bond donors (Lipinski definition) is 1. The minimum absolute atomic E-state index is 0.253. The van der Waals surface area contributed by atoms with Gasteiger partial charge in [-0.25, -0.2) is 4.79 Å². The topological polar surface area (TPSA) is 64.6 Å². The molecule has 3 rings (SSSR count). The molecule has 156 valence electrons. The Balaban J connectivity index is 1.91. The van der Waals surface area contributed by atoms with Crippen molar-refractivity contribution >= 4 is 28.2 Å². The van der Waals surface area contributed by atoms with Gasteiger partial charge in [0.25, 0.3) is 5.91 Å². The summed E-state index contributed by atoms with van der Waals surface area (Å²) < 4.78 is 10.9. The van der Waals surface area contributed by atoms with Gasteiger partial charge < -0.3 is 14.8 Å². The van der Waals surface area contributed by atoms with E-state index in [2.05, 4.69) is 12.2 Å². The van der Waals surface area contributed by atoms with Crippen LogP contribution in [0.25, 0.3) is 11.1 Å². The summed E-state index contributed by atoms with van der Waals surface area (Å²) in [4.78, 5) is 25.4. The number of ether oxygens (including phenoxy) is 2. The van der Waals surface area contributed by atoms with Gasteiger partial charge in [-0.1, -0.05) is 36.8 Å². The SMILES string of the molecule is CCCOc1ccc(-c2csc(NC(=O)c3ccc(C)cc3)c2C(=O)OCC)cc1. The Kier molecular flexibility index (Phi) is 7.25. The minimum Gasteiger partial charge on any atom is -0.494 e. The molecule has 30 heavy (non-hydrogen) atoms. The Labute approximate surface area is 180 Å². The van der Waals surface area contributed by atoms with E-state index in [0.717, 1.165) is 28.9 Å². The molecule has 0 radical (unpaired) electrons. The Bertz CT molecular complexity index is 1010. The number of nitrogens with one attached hydrogen (secondary N) is 1. The molecule has 0 spiro atoms. The average Bonchev–Trinajstić information content (AvgIpc) is 3.16. The fourth-order valence-electron chi connectivity index (χ4n) is 2.90. The summed E-state index contributed by atoms with van der Waals surface area (Å²) in [6.45, 7) is 6.68. The number of benzene rings is 2. The molecule has 6 heteroatoms. The van der Waals surface area contributed by atoms with Crippen molar-refractivity contribution in [3.63, 3.8) is 0 Å². The van der Waals surface area contributed by atoms with Crippen LogP contribution in [0, 0.1) is 6.92 Å². The Hall–Kier alpha value is -3.12. The van der Waals surface area contributed by atoms with Crippen molar-refractivity contribution in [1.82, 2.24) is 0 Å². The summed E-state index contributed by atoms with van der Waals surface area (Å²) in [5, 5.41) is 5.20. The molecule has 0 aliphatic heterocycles. The predicted molar refractivity (Wildman–Crippen MR) is 121 cm³/mol. The van der Waals surface area contributed by atoms with Gasteiger partial charge in [0.1, 0.15) is 16.3 Å². The first-order valence-corrected chi connectivity index (χ1v) is 10.8. The molecular weight excluding hydrogens is 398 g/mol. The molecule has 0 atom stereocenters. The number of amides is 1. The van der Waals surface area contributed by atoms with E-state index in [1.807, 2.05) is 48.7 Å². The second kappa shape index (κ2) is 10.1. The third kappa shape index (κ3) is 5.07. The molecule has 3 aromatic rings. The van der Waals surface area contributed by atoms with Gasteiger partial charge in [0.15, 0.2) is 0 Å². The Morgan fingerprint density at radius 2 is 1.70 bits per heavy atom. The van der Waals surface area contributed by atoms with Crippen molar-refractivity contribution in [2.45, 2.75) is 27.2 Å². The highest BCUT2D eigenvalue weighted by Crippen LogP contribution is 2.37. The molecule has 0 aliphatic rings. The lowest BCUT2D eigenvalue weighted by molar-refractivity contribution is 0.0529. The Morgan fingerprint density at radius 1 is 1.00 bits per heavy atom. The Morgan fingerprint density at radius 3 is 2.33 bits per heavy atom. The third-order valence-corrected chi connectivity index (χ3v) is 5.35. The van der Waals surface area contributed by atoms with Crippen molar-refractivity contribution < 1.29 is 19.1 Å². The smallest absolute Gasteiger partial charge is 0.341 e. The molecule has 1 heterocycles. The molecule has 2 aromatic carbocycles. The van der Waals surface area contributed by atoms with Gasteiger partial charge in [-0.05, 0) is 50.1 Å². The fraction of sp³-hybridized carbons (Fsp3) is 0.250. The zero-order chi connectivity index (χ0) is 21.5. The lowest BCUT2D eigenvalue weighted by Crippen LogP contribution is -2.14. The van der Waals surface area contributed by atoms with Crippen LogP contribution < -0.4 is 10.1 Å². The normalized spacial score (nSPS) is 10.5. The molecule has 0 saturated heterocycles. The van der Waals surface area contributed by atoms with Crippen LogP contribution in [0.4, 0.5) is 5.00 Å². The molecule has 0 aliphatic carbocycles. The van der Waals surface area contributed by atoms with E-state index in [0.29, 0.717) is 22.7 Å². The van der Waals surface area contributed by atoms with Crippen molar-refractivity contribution in [3.8, 4) is 16.9 Å². The number of carbonyl (C=O) groups excluding carboxylic acids is 2. The number of hydrogen-bond acceptors (Lipinski definition) is 5. The van der Waals surface area contributed by atoms with Crippen LogP contribution >= 0.6 is 11.3 Å². The zero-order valence-corrected chi connectivity index (χ0v) is 18.2. The maximum atomic E-state index is 12.7. The van der Waals surface area contributed by atoms with Crippen LogP contribution in [0.2, 0.25) is 0 Å². The zero-order valence-electron chi connectivity index (χ0n) is 17.4. The van der Waals surface area contributed by atoms with E-state index >= 15 is 0 Å². The quantitative estimate of drug-likeness (QED) is 0.455. The lowest BCUT2D eigenvalue weighted by atomic mass is 10.0. The first kappa shape index (κ1) is 21.6. The van der Waals surface area contributed by atoms with Crippen molar-refractivity contribution in [1.29, 1.82) is 0 Å². The van der Waals surface area contributed by atoms with E-state index in [1.165, 1.54) is 11.3 Å². The van der Waals surface area contributed by atoms with Crippen molar-refractivity contribution in [3.05, 3.63) is 70.6 Å². The summed E-state index contributed by atoms with van der Waals surface area (Å²) >= 11 is 1.31. The molecule has 1 N–H and O–H groups in total. The number of aryl methyl sites for hydroxylation is 1. The number of anilines is 1. The van der Waals surface area contributed by atoms with E-state index in [9.17, 15) is 9.59 Å². The summed E-state index contributed by atoms with van der Waals surface area (Å²) in [6, 6.07) is 14.8. The first-order chi connectivity index (χ1) is 14.5. The van der Waals surface area contributed by atoms with E-state index in [1.54, 1.807) is 19.1 Å². The van der Waals surface area contributed by atoms with Crippen molar-refractivity contribution in [2.24, 2.45) is 0 Å². The number of esters is 1. The van der Waals surface area contributed by atoms with E-state index < -0.39 is 5.97 Å². The van der Waals surface area contributed by atoms with E-state index in [4.69, 9.17) is 9.47 Å². The highest BCUT2D eigenvalue weighted by atomic mass is 32.1. The minimum atomic E-state index is -0.459. The molecule has 0 unspecified atom stereocenters. The number of carbonyl (C=O) groups is 2. The summed E-state index contributed by atoms with van der Waals surface area (Å²) in [5.74, 6) is 0.0536. The van der Waals surface area contributed by atoms with Crippen LogP contribution in [-0.2, 0) is 4.74 Å². The largest absolute Gasteiger partial charge is 0.494 e. The van der Waals surface area contributed by atoms with Gasteiger partial charge in [0.2, 0.25) is 0 Å². The summed E-state index contributed by atoms with van der Waals surface area (Å²) in [6.07, 6.45) is 0.934.